The van der Waals surface area contributed by atoms with Gasteiger partial charge < -0.3 is 10.4 Å². The summed E-state index contributed by atoms with van der Waals surface area (Å²) >= 11 is 3.19. The second kappa shape index (κ2) is 6.47. The van der Waals surface area contributed by atoms with Crippen LogP contribution in [-0.2, 0) is 11.2 Å². The van der Waals surface area contributed by atoms with Gasteiger partial charge in [-0.05, 0) is 11.4 Å². The van der Waals surface area contributed by atoms with Crippen molar-refractivity contribution in [1.29, 1.82) is 0 Å². The number of thiophene rings is 1. The van der Waals surface area contributed by atoms with Gasteiger partial charge >= 0.3 is 0 Å². The summed E-state index contributed by atoms with van der Waals surface area (Å²) in [5, 5.41) is 18.9. The highest BCUT2D eigenvalue weighted by molar-refractivity contribution is 7.14. The van der Waals surface area contributed by atoms with Gasteiger partial charge in [-0.15, -0.1) is 11.3 Å². The molecule has 2 heterocycles. The lowest BCUT2D eigenvalue weighted by atomic mass is 9.95. The first-order chi connectivity index (χ1) is 9.50. The number of amides is 1. The average Bonchev–Trinajstić information content (AvgIpc) is 3.07. The highest BCUT2D eigenvalue weighted by atomic mass is 32.1. The number of rotatable bonds is 6. The van der Waals surface area contributed by atoms with Crippen molar-refractivity contribution in [3.8, 4) is 10.6 Å². The molecule has 2 N–H and O–H groups in total. The van der Waals surface area contributed by atoms with E-state index in [1.54, 1.807) is 22.7 Å². The van der Waals surface area contributed by atoms with Gasteiger partial charge in [-0.1, -0.05) is 13.8 Å². The van der Waals surface area contributed by atoms with Gasteiger partial charge in [-0.2, -0.15) is 11.3 Å². The maximum Gasteiger partial charge on any atom is 0.226 e. The quantitative estimate of drug-likeness (QED) is 0.862. The zero-order valence-electron chi connectivity index (χ0n) is 11.5. The molecule has 0 atom stereocenters. The molecule has 0 saturated heterocycles. The van der Waals surface area contributed by atoms with Gasteiger partial charge in [-0.25, -0.2) is 4.98 Å². The van der Waals surface area contributed by atoms with E-state index in [-0.39, 0.29) is 24.3 Å². The zero-order chi connectivity index (χ0) is 14.6. The van der Waals surface area contributed by atoms with Crippen LogP contribution in [0, 0.1) is 5.41 Å². The van der Waals surface area contributed by atoms with Crippen LogP contribution in [0.15, 0.2) is 22.2 Å². The molecule has 0 spiro atoms. The van der Waals surface area contributed by atoms with E-state index in [9.17, 15) is 4.79 Å². The third kappa shape index (κ3) is 4.13. The minimum atomic E-state index is -0.292. The standard InChI is InChI=1S/C14H18N2O2S2/c1-14(2,9-17)8-15-12(18)5-11-7-20-13(16-11)10-3-4-19-6-10/h3-4,6-7,17H,5,8-9H2,1-2H3,(H,15,18). The molecular formula is C14H18N2O2S2. The molecule has 2 aromatic heterocycles. The van der Waals surface area contributed by atoms with Crippen LogP contribution in [0.25, 0.3) is 10.6 Å². The molecule has 4 nitrogen and oxygen atoms in total. The van der Waals surface area contributed by atoms with Gasteiger partial charge in [0.05, 0.1) is 12.1 Å². The lowest BCUT2D eigenvalue weighted by Crippen LogP contribution is -2.36. The van der Waals surface area contributed by atoms with Crippen LogP contribution in [0.4, 0.5) is 0 Å². The molecule has 0 aromatic carbocycles. The van der Waals surface area contributed by atoms with Crippen LogP contribution < -0.4 is 5.32 Å². The Morgan fingerprint density at radius 1 is 1.45 bits per heavy atom. The Bertz CT molecular complexity index is 562. The molecule has 20 heavy (non-hydrogen) atoms. The molecule has 0 unspecified atom stereocenters. The number of carbonyl (C=O) groups is 1. The smallest absolute Gasteiger partial charge is 0.226 e. The predicted molar refractivity (Wildman–Crippen MR) is 83.0 cm³/mol. The Morgan fingerprint density at radius 3 is 2.90 bits per heavy atom. The number of hydrogen-bond acceptors (Lipinski definition) is 5. The number of nitrogens with zero attached hydrogens (tertiary/aromatic N) is 1. The maximum atomic E-state index is 11.8. The first-order valence-corrected chi connectivity index (χ1v) is 8.17. The highest BCUT2D eigenvalue weighted by Crippen LogP contribution is 2.25. The number of aliphatic hydroxyl groups excluding tert-OH is 1. The summed E-state index contributed by atoms with van der Waals surface area (Å²) in [5.74, 6) is -0.0614. The fourth-order valence-corrected chi connectivity index (χ4v) is 3.06. The molecule has 0 saturated carbocycles. The Balaban J connectivity index is 1.89. The summed E-state index contributed by atoms with van der Waals surface area (Å²) in [6, 6.07) is 2.02. The third-order valence-electron chi connectivity index (χ3n) is 2.85. The van der Waals surface area contributed by atoms with Crippen molar-refractivity contribution < 1.29 is 9.90 Å². The van der Waals surface area contributed by atoms with E-state index in [0.717, 1.165) is 16.3 Å². The number of nitrogens with one attached hydrogen (secondary N) is 1. The van der Waals surface area contributed by atoms with Crippen molar-refractivity contribution in [1.82, 2.24) is 10.3 Å². The SMILES string of the molecule is CC(C)(CO)CNC(=O)Cc1csc(-c2ccsc2)n1. The van der Waals surface area contributed by atoms with Gasteiger partial charge in [0.2, 0.25) is 5.91 Å². The van der Waals surface area contributed by atoms with Gasteiger partial charge in [0, 0.05) is 34.9 Å². The Kier molecular flexibility index (Phi) is 4.91. The van der Waals surface area contributed by atoms with Gasteiger partial charge in [-0.3, -0.25) is 4.79 Å². The van der Waals surface area contributed by atoms with Crippen LogP contribution in [0.2, 0.25) is 0 Å². The molecule has 0 aliphatic carbocycles. The summed E-state index contributed by atoms with van der Waals surface area (Å²) in [5.41, 5.74) is 1.60. The topological polar surface area (TPSA) is 62.2 Å². The molecule has 0 aliphatic heterocycles. The number of thiazole rings is 1. The van der Waals surface area contributed by atoms with E-state index in [4.69, 9.17) is 5.11 Å². The zero-order valence-corrected chi connectivity index (χ0v) is 13.2. The van der Waals surface area contributed by atoms with Crippen molar-refractivity contribution in [3.05, 3.63) is 27.9 Å². The summed E-state index contributed by atoms with van der Waals surface area (Å²) < 4.78 is 0. The lowest BCUT2D eigenvalue weighted by Gasteiger charge is -2.21. The van der Waals surface area contributed by atoms with Crippen molar-refractivity contribution >= 4 is 28.6 Å². The number of aromatic nitrogens is 1. The van der Waals surface area contributed by atoms with E-state index < -0.39 is 0 Å². The van der Waals surface area contributed by atoms with Crippen LogP contribution in [-0.4, -0.2) is 29.1 Å². The van der Waals surface area contributed by atoms with E-state index in [2.05, 4.69) is 10.3 Å². The molecular weight excluding hydrogens is 292 g/mol. The molecule has 0 aliphatic rings. The summed E-state index contributed by atoms with van der Waals surface area (Å²) in [7, 11) is 0. The molecule has 1 amide bonds. The number of hydrogen-bond donors (Lipinski definition) is 2. The van der Waals surface area contributed by atoms with E-state index >= 15 is 0 Å². The molecule has 6 heteroatoms. The predicted octanol–water partition coefficient (Wildman–Crippen LogP) is 2.55. The molecule has 0 radical (unpaired) electrons. The second-order valence-corrected chi connectivity index (χ2v) is 7.07. The highest BCUT2D eigenvalue weighted by Gasteiger charge is 2.18. The van der Waals surface area contributed by atoms with E-state index in [1.165, 1.54) is 0 Å². The minimum absolute atomic E-state index is 0.0479. The monoisotopic (exact) mass is 310 g/mol. The average molecular weight is 310 g/mol. The third-order valence-corrected chi connectivity index (χ3v) is 4.48. The van der Waals surface area contributed by atoms with Crippen LogP contribution in [0.5, 0.6) is 0 Å². The van der Waals surface area contributed by atoms with Crippen LogP contribution >= 0.6 is 22.7 Å². The van der Waals surface area contributed by atoms with Gasteiger partial charge in [0.25, 0.3) is 0 Å². The fourth-order valence-electron chi connectivity index (χ4n) is 1.53. The number of aliphatic hydroxyl groups is 1. The minimum Gasteiger partial charge on any atom is -0.396 e. The molecule has 0 fully saturated rings. The van der Waals surface area contributed by atoms with E-state index in [0.29, 0.717) is 6.54 Å². The molecule has 2 aromatic rings. The fraction of sp³-hybridized carbons (Fsp3) is 0.429. The molecule has 108 valence electrons. The second-order valence-electron chi connectivity index (χ2n) is 5.43. The molecule has 2 rings (SSSR count). The van der Waals surface area contributed by atoms with Crippen LogP contribution in [0.1, 0.15) is 19.5 Å². The van der Waals surface area contributed by atoms with Gasteiger partial charge in [0.15, 0.2) is 0 Å². The van der Waals surface area contributed by atoms with Crippen molar-refractivity contribution in [3.63, 3.8) is 0 Å². The summed E-state index contributed by atoms with van der Waals surface area (Å²) in [6.07, 6.45) is 0.280. The van der Waals surface area contributed by atoms with E-state index in [1.807, 2.05) is 36.1 Å². The van der Waals surface area contributed by atoms with Crippen molar-refractivity contribution in [2.45, 2.75) is 20.3 Å². The number of carbonyl (C=O) groups excluding carboxylic acids is 1. The summed E-state index contributed by atoms with van der Waals surface area (Å²) in [6.45, 7) is 4.33. The first kappa shape index (κ1) is 15.2. The largest absolute Gasteiger partial charge is 0.396 e. The lowest BCUT2D eigenvalue weighted by molar-refractivity contribution is -0.121. The van der Waals surface area contributed by atoms with Crippen molar-refractivity contribution in [2.75, 3.05) is 13.2 Å². The Labute approximate surface area is 126 Å². The van der Waals surface area contributed by atoms with Crippen LogP contribution in [0.3, 0.4) is 0 Å². The summed E-state index contributed by atoms with van der Waals surface area (Å²) in [4.78, 5) is 16.3. The normalized spacial score (nSPS) is 11.6. The van der Waals surface area contributed by atoms with Gasteiger partial charge in [0.1, 0.15) is 5.01 Å². The first-order valence-electron chi connectivity index (χ1n) is 6.35. The molecule has 0 bridgehead atoms. The maximum absolute atomic E-state index is 11.8. The van der Waals surface area contributed by atoms with Crippen molar-refractivity contribution in [2.24, 2.45) is 5.41 Å². The Morgan fingerprint density at radius 2 is 2.25 bits per heavy atom. The Hall–Kier alpha value is -1.24.